The second kappa shape index (κ2) is 5.29. The van der Waals surface area contributed by atoms with Crippen LogP contribution in [0, 0.1) is 6.92 Å². The molecule has 0 fully saturated rings. The molecule has 4 nitrogen and oxygen atoms in total. The minimum atomic E-state index is -4.07. The molecule has 0 unspecified atom stereocenters. The van der Waals surface area contributed by atoms with E-state index >= 15 is 0 Å². The van der Waals surface area contributed by atoms with Gasteiger partial charge in [0.15, 0.2) is 0 Å². The number of anilines is 2. The van der Waals surface area contributed by atoms with E-state index < -0.39 is 12.6 Å². The number of aryl methyl sites for hydroxylation is 2. The molecule has 3 N–H and O–H groups in total. The quantitative estimate of drug-likeness (QED) is 0.789. The summed E-state index contributed by atoms with van der Waals surface area (Å²) in [6, 6.07) is 0. The van der Waals surface area contributed by atoms with Crippen molar-refractivity contribution in [1.82, 2.24) is 9.78 Å². The maximum Gasteiger partial charge on any atom is 0.389 e. The lowest BCUT2D eigenvalue weighted by molar-refractivity contribution is -0.135. The van der Waals surface area contributed by atoms with Crippen LogP contribution < -0.4 is 11.1 Å². The number of unbranched alkanes of at least 4 members (excludes halogenated alkanes) is 1. The van der Waals surface area contributed by atoms with Crippen LogP contribution in [0.3, 0.4) is 0 Å². The Bertz CT molecular complexity index is 370. The molecule has 1 aromatic heterocycles. The van der Waals surface area contributed by atoms with Gasteiger partial charge in [-0.25, -0.2) is 0 Å². The molecule has 0 aromatic carbocycles. The number of nitrogens with zero attached hydrogens (tertiary/aromatic N) is 2. The molecule has 0 saturated heterocycles. The van der Waals surface area contributed by atoms with Gasteiger partial charge in [-0.2, -0.15) is 18.3 Å². The van der Waals surface area contributed by atoms with Crippen LogP contribution in [0.4, 0.5) is 24.7 Å². The largest absolute Gasteiger partial charge is 0.394 e. The summed E-state index contributed by atoms with van der Waals surface area (Å²) >= 11 is 0. The Morgan fingerprint density at radius 3 is 2.47 bits per heavy atom. The summed E-state index contributed by atoms with van der Waals surface area (Å²) in [5, 5.41) is 7.09. The van der Waals surface area contributed by atoms with Crippen molar-refractivity contribution in [2.45, 2.75) is 32.4 Å². The van der Waals surface area contributed by atoms with Crippen molar-refractivity contribution >= 4 is 11.5 Å². The second-order valence-electron chi connectivity index (χ2n) is 3.97. The predicted molar refractivity (Wildman–Crippen MR) is 60.8 cm³/mol. The van der Waals surface area contributed by atoms with E-state index in [2.05, 4.69) is 10.4 Å². The molecule has 17 heavy (non-hydrogen) atoms. The van der Waals surface area contributed by atoms with Crippen LogP contribution in [0.1, 0.15) is 25.0 Å². The van der Waals surface area contributed by atoms with E-state index in [-0.39, 0.29) is 6.42 Å². The Morgan fingerprint density at radius 1 is 1.35 bits per heavy atom. The smallest absolute Gasteiger partial charge is 0.389 e. The van der Waals surface area contributed by atoms with Crippen LogP contribution >= 0.6 is 0 Å². The van der Waals surface area contributed by atoms with Gasteiger partial charge in [0.1, 0.15) is 5.82 Å². The Morgan fingerprint density at radius 2 is 2.00 bits per heavy atom. The first-order chi connectivity index (χ1) is 7.81. The van der Waals surface area contributed by atoms with Gasteiger partial charge in [0.25, 0.3) is 0 Å². The van der Waals surface area contributed by atoms with E-state index in [9.17, 15) is 13.2 Å². The zero-order chi connectivity index (χ0) is 13.1. The molecule has 0 spiro atoms. The number of nitrogen functional groups attached to an aromatic ring is 1. The number of aromatic nitrogens is 2. The molecule has 1 aromatic rings. The summed E-state index contributed by atoms with van der Waals surface area (Å²) in [5.41, 5.74) is 7.02. The van der Waals surface area contributed by atoms with E-state index in [0.29, 0.717) is 30.2 Å². The average Bonchev–Trinajstić information content (AvgIpc) is 2.42. The number of rotatable bonds is 5. The summed E-state index contributed by atoms with van der Waals surface area (Å²) in [5.74, 6) is 0.662. The lowest BCUT2D eigenvalue weighted by atomic mass is 10.2. The molecule has 1 heterocycles. The van der Waals surface area contributed by atoms with Crippen molar-refractivity contribution < 1.29 is 13.2 Å². The molecule has 0 amide bonds. The third kappa shape index (κ3) is 4.16. The van der Waals surface area contributed by atoms with Crippen molar-refractivity contribution in [3.8, 4) is 0 Å². The zero-order valence-corrected chi connectivity index (χ0v) is 9.93. The lowest BCUT2D eigenvalue weighted by Gasteiger charge is -2.08. The van der Waals surface area contributed by atoms with E-state index in [4.69, 9.17) is 5.73 Å². The van der Waals surface area contributed by atoms with Gasteiger partial charge in [-0.3, -0.25) is 4.68 Å². The van der Waals surface area contributed by atoms with E-state index in [1.165, 1.54) is 0 Å². The fourth-order valence-electron chi connectivity index (χ4n) is 1.54. The van der Waals surface area contributed by atoms with Crippen LogP contribution in [-0.2, 0) is 7.05 Å². The number of nitrogens with two attached hydrogens (primary N) is 1. The van der Waals surface area contributed by atoms with Gasteiger partial charge in [-0.05, 0) is 19.8 Å². The highest BCUT2D eigenvalue weighted by Crippen LogP contribution is 2.23. The van der Waals surface area contributed by atoms with Gasteiger partial charge in [0.05, 0.1) is 11.4 Å². The second-order valence-corrected chi connectivity index (χ2v) is 3.97. The topological polar surface area (TPSA) is 55.9 Å². The summed E-state index contributed by atoms with van der Waals surface area (Å²) in [7, 11) is 1.74. The zero-order valence-electron chi connectivity index (χ0n) is 9.93. The highest BCUT2D eigenvalue weighted by Gasteiger charge is 2.25. The number of halogens is 3. The molecular formula is C10H17F3N4. The average molecular weight is 250 g/mol. The number of hydrogen-bond acceptors (Lipinski definition) is 3. The van der Waals surface area contributed by atoms with E-state index in [0.717, 1.165) is 0 Å². The third-order valence-corrected chi connectivity index (χ3v) is 2.45. The monoisotopic (exact) mass is 250 g/mol. The molecule has 0 aliphatic heterocycles. The van der Waals surface area contributed by atoms with Crippen molar-refractivity contribution in [1.29, 1.82) is 0 Å². The molecule has 0 bridgehead atoms. The van der Waals surface area contributed by atoms with Crippen LogP contribution in [-0.4, -0.2) is 22.5 Å². The Hall–Kier alpha value is -1.40. The normalized spacial score (nSPS) is 11.8. The highest BCUT2D eigenvalue weighted by molar-refractivity contribution is 5.64. The summed E-state index contributed by atoms with van der Waals surface area (Å²) in [4.78, 5) is 0. The summed E-state index contributed by atoms with van der Waals surface area (Å²) in [6.07, 6.45) is -4.24. The molecule has 98 valence electrons. The van der Waals surface area contributed by atoms with E-state index in [1.807, 2.05) is 0 Å². The molecule has 7 heteroatoms. The van der Waals surface area contributed by atoms with Crippen LogP contribution in [0.2, 0.25) is 0 Å². The highest BCUT2D eigenvalue weighted by atomic mass is 19.4. The van der Waals surface area contributed by atoms with Gasteiger partial charge >= 0.3 is 6.18 Å². The molecule has 0 aliphatic carbocycles. The minimum Gasteiger partial charge on any atom is -0.394 e. The Labute approximate surface area is 98.0 Å². The molecule has 0 radical (unpaired) electrons. The SMILES string of the molecule is Cc1nn(C)c(NCCCCC(F)(F)F)c1N. The molecule has 0 aliphatic rings. The standard InChI is InChI=1S/C10H17F3N4/c1-7-8(14)9(17(2)16-7)15-6-4-3-5-10(11,12)13/h15H,3-6,14H2,1-2H3. The number of nitrogens with one attached hydrogen (secondary N) is 1. The van der Waals surface area contributed by atoms with Crippen molar-refractivity contribution in [3.63, 3.8) is 0 Å². The molecule has 1 rings (SSSR count). The molecule has 0 saturated carbocycles. The first-order valence-electron chi connectivity index (χ1n) is 5.41. The summed E-state index contributed by atoms with van der Waals surface area (Å²) in [6.45, 7) is 2.24. The summed E-state index contributed by atoms with van der Waals surface area (Å²) < 4.78 is 37.2. The fraction of sp³-hybridized carbons (Fsp3) is 0.700. The maximum atomic E-state index is 11.9. The fourth-order valence-corrected chi connectivity index (χ4v) is 1.54. The van der Waals surface area contributed by atoms with Crippen molar-refractivity contribution in [2.75, 3.05) is 17.6 Å². The van der Waals surface area contributed by atoms with Gasteiger partial charge < -0.3 is 11.1 Å². The Balaban J connectivity index is 2.32. The maximum absolute atomic E-state index is 11.9. The van der Waals surface area contributed by atoms with Gasteiger partial charge in [-0.1, -0.05) is 0 Å². The predicted octanol–water partition coefficient (Wildman–Crippen LogP) is 2.46. The van der Waals surface area contributed by atoms with Gasteiger partial charge in [-0.15, -0.1) is 0 Å². The first-order valence-corrected chi connectivity index (χ1v) is 5.41. The van der Waals surface area contributed by atoms with Crippen LogP contribution in [0.25, 0.3) is 0 Å². The Kier molecular flexibility index (Phi) is 4.25. The molecular weight excluding hydrogens is 233 g/mol. The first kappa shape index (κ1) is 13.7. The third-order valence-electron chi connectivity index (χ3n) is 2.45. The number of hydrogen-bond donors (Lipinski definition) is 2. The van der Waals surface area contributed by atoms with Crippen LogP contribution in [0.5, 0.6) is 0 Å². The molecule has 0 atom stereocenters. The number of alkyl halides is 3. The minimum absolute atomic E-state index is 0.118. The van der Waals surface area contributed by atoms with Gasteiger partial charge in [0.2, 0.25) is 0 Å². The van der Waals surface area contributed by atoms with Crippen molar-refractivity contribution in [3.05, 3.63) is 5.69 Å². The van der Waals surface area contributed by atoms with Crippen LogP contribution in [0.15, 0.2) is 0 Å². The van der Waals surface area contributed by atoms with E-state index in [1.54, 1.807) is 18.7 Å². The van der Waals surface area contributed by atoms with Crippen molar-refractivity contribution in [2.24, 2.45) is 7.05 Å². The van der Waals surface area contributed by atoms with Gasteiger partial charge in [0, 0.05) is 20.0 Å². The lowest BCUT2D eigenvalue weighted by Crippen LogP contribution is -2.10.